The minimum absolute atomic E-state index is 0.369. The average Bonchev–Trinajstić information content (AvgIpc) is 3.35. The van der Waals surface area contributed by atoms with Gasteiger partial charge in [-0.15, -0.1) is 0 Å². The minimum Gasteiger partial charge on any atom is -0.394 e. The van der Waals surface area contributed by atoms with Crippen molar-refractivity contribution in [2.24, 2.45) is 0 Å². The lowest BCUT2D eigenvalue weighted by molar-refractivity contribution is -0.0511. The highest BCUT2D eigenvalue weighted by atomic mass is 16.6. The van der Waals surface area contributed by atoms with E-state index in [1.54, 1.807) is 4.57 Å². The van der Waals surface area contributed by atoms with Crippen LogP contribution in [0.1, 0.15) is 31.9 Å². The Balaban J connectivity index is 1.70. The summed E-state index contributed by atoms with van der Waals surface area (Å²) in [7, 11) is 2.02. The van der Waals surface area contributed by atoms with Crippen LogP contribution in [0.3, 0.4) is 0 Å². The lowest BCUT2D eigenvalue weighted by Gasteiger charge is -2.25. The molecule has 3 heterocycles. The third-order valence-electron chi connectivity index (χ3n) is 5.34. The Morgan fingerprint density at radius 2 is 1.96 bits per heavy atom. The molecule has 3 N–H and O–H groups in total. The predicted octanol–water partition coefficient (Wildman–Crippen LogP) is -0.183. The molecule has 0 aromatic carbocycles. The van der Waals surface area contributed by atoms with Crippen LogP contribution in [0.5, 0.6) is 0 Å². The zero-order valence-corrected chi connectivity index (χ0v) is 14.1. The van der Waals surface area contributed by atoms with Gasteiger partial charge >= 0.3 is 0 Å². The number of ether oxygens (including phenoxy) is 1. The summed E-state index contributed by atoms with van der Waals surface area (Å²) in [5.41, 5.74) is 1.17. The van der Waals surface area contributed by atoms with Gasteiger partial charge in [0.15, 0.2) is 23.2 Å². The second kappa shape index (κ2) is 6.49. The number of rotatable bonds is 4. The van der Waals surface area contributed by atoms with E-state index in [-0.39, 0.29) is 6.61 Å². The van der Waals surface area contributed by atoms with Gasteiger partial charge in [-0.1, -0.05) is 12.8 Å². The monoisotopic (exact) mass is 349 g/mol. The number of aliphatic hydroxyl groups is 3. The quantitative estimate of drug-likeness (QED) is 0.696. The zero-order valence-electron chi connectivity index (χ0n) is 14.1. The van der Waals surface area contributed by atoms with Crippen molar-refractivity contribution in [3.05, 3.63) is 12.7 Å². The molecule has 2 aromatic rings. The SMILES string of the molecule is CN(c1ncnc2c1ncn2[C@@H]1O[C@H](CO)[C@@H](O)[C@H]1O)C1CCCC1. The first-order valence-electron chi connectivity index (χ1n) is 8.64. The molecule has 2 aliphatic rings. The Bertz CT molecular complexity index is 747. The third-order valence-corrected chi connectivity index (χ3v) is 5.34. The van der Waals surface area contributed by atoms with Crippen LogP contribution in [0.15, 0.2) is 12.7 Å². The van der Waals surface area contributed by atoms with E-state index in [2.05, 4.69) is 19.9 Å². The maximum atomic E-state index is 10.3. The van der Waals surface area contributed by atoms with Gasteiger partial charge in [-0.25, -0.2) is 15.0 Å². The van der Waals surface area contributed by atoms with E-state index >= 15 is 0 Å². The van der Waals surface area contributed by atoms with E-state index in [1.807, 2.05) is 7.05 Å². The van der Waals surface area contributed by atoms with E-state index in [0.29, 0.717) is 17.2 Å². The summed E-state index contributed by atoms with van der Waals surface area (Å²) < 4.78 is 7.18. The number of fused-ring (bicyclic) bond motifs is 1. The van der Waals surface area contributed by atoms with Crippen molar-refractivity contribution in [1.29, 1.82) is 0 Å². The van der Waals surface area contributed by atoms with Crippen LogP contribution in [0.2, 0.25) is 0 Å². The molecule has 2 fully saturated rings. The Labute approximate surface area is 144 Å². The van der Waals surface area contributed by atoms with E-state index in [1.165, 1.54) is 25.5 Å². The topological polar surface area (TPSA) is 117 Å². The normalized spacial score (nSPS) is 30.4. The summed E-state index contributed by atoms with van der Waals surface area (Å²) >= 11 is 0. The molecule has 1 aliphatic heterocycles. The van der Waals surface area contributed by atoms with Crippen molar-refractivity contribution >= 4 is 17.0 Å². The second-order valence-electron chi connectivity index (χ2n) is 6.80. The number of anilines is 1. The zero-order chi connectivity index (χ0) is 17.6. The summed E-state index contributed by atoms with van der Waals surface area (Å²) in [5.74, 6) is 0.752. The standard InChI is InChI=1S/C16H23N5O4/c1-20(9-4-2-3-5-9)14-11-15(18-7-17-14)21(8-19-11)16-13(24)12(23)10(6-22)25-16/h7-10,12-13,16,22-24H,2-6H2,1H3/t10-,12-,13-,16-/m1/s1. The van der Waals surface area contributed by atoms with Gasteiger partial charge in [-0.2, -0.15) is 0 Å². The van der Waals surface area contributed by atoms with Crippen LogP contribution in [0, 0.1) is 0 Å². The third kappa shape index (κ3) is 2.67. The molecule has 9 nitrogen and oxygen atoms in total. The molecule has 0 amide bonds. The molecule has 2 aromatic heterocycles. The first-order valence-corrected chi connectivity index (χ1v) is 8.64. The van der Waals surface area contributed by atoms with Gasteiger partial charge in [0.2, 0.25) is 0 Å². The highest BCUT2D eigenvalue weighted by molar-refractivity contribution is 5.83. The number of aliphatic hydroxyl groups excluding tert-OH is 3. The molecule has 1 saturated heterocycles. The summed E-state index contributed by atoms with van der Waals surface area (Å²) in [4.78, 5) is 15.3. The predicted molar refractivity (Wildman–Crippen MR) is 89.0 cm³/mol. The van der Waals surface area contributed by atoms with Crippen LogP contribution in [0.4, 0.5) is 5.82 Å². The van der Waals surface area contributed by atoms with Crippen molar-refractivity contribution < 1.29 is 20.1 Å². The van der Waals surface area contributed by atoms with Crippen LogP contribution in [-0.4, -0.2) is 72.8 Å². The fourth-order valence-electron chi connectivity index (χ4n) is 3.86. The van der Waals surface area contributed by atoms with E-state index in [4.69, 9.17) is 4.74 Å². The summed E-state index contributed by atoms with van der Waals surface area (Å²) in [6, 6.07) is 0.442. The molecule has 25 heavy (non-hydrogen) atoms. The highest BCUT2D eigenvalue weighted by Crippen LogP contribution is 2.34. The molecule has 136 valence electrons. The molecule has 4 atom stereocenters. The molecule has 0 spiro atoms. The van der Waals surface area contributed by atoms with Crippen molar-refractivity contribution in [2.75, 3.05) is 18.6 Å². The Hall–Kier alpha value is -1.81. The van der Waals surface area contributed by atoms with Crippen LogP contribution < -0.4 is 4.90 Å². The molecule has 0 radical (unpaired) electrons. The molecule has 0 bridgehead atoms. The van der Waals surface area contributed by atoms with Crippen LogP contribution >= 0.6 is 0 Å². The van der Waals surface area contributed by atoms with Gasteiger partial charge in [-0.3, -0.25) is 4.57 Å². The molecule has 0 unspecified atom stereocenters. The second-order valence-corrected chi connectivity index (χ2v) is 6.80. The van der Waals surface area contributed by atoms with E-state index in [9.17, 15) is 15.3 Å². The lowest BCUT2D eigenvalue weighted by atomic mass is 10.1. The van der Waals surface area contributed by atoms with Gasteiger partial charge < -0.3 is 25.0 Å². The Morgan fingerprint density at radius 1 is 1.20 bits per heavy atom. The summed E-state index contributed by atoms with van der Waals surface area (Å²) in [6.07, 6.45) is 3.72. The number of hydrogen-bond donors (Lipinski definition) is 3. The van der Waals surface area contributed by atoms with E-state index in [0.717, 1.165) is 18.7 Å². The van der Waals surface area contributed by atoms with Crippen molar-refractivity contribution in [3.8, 4) is 0 Å². The summed E-state index contributed by atoms with van der Waals surface area (Å²) in [6.45, 7) is -0.369. The molecule has 9 heteroatoms. The minimum atomic E-state index is -1.17. The molecular weight excluding hydrogens is 326 g/mol. The van der Waals surface area contributed by atoms with Gasteiger partial charge in [-0.05, 0) is 12.8 Å². The average molecular weight is 349 g/mol. The first-order chi connectivity index (χ1) is 12.1. The maximum absolute atomic E-state index is 10.3. The maximum Gasteiger partial charge on any atom is 0.167 e. The number of imidazole rings is 1. The van der Waals surface area contributed by atoms with Crippen LogP contribution in [-0.2, 0) is 4.74 Å². The highest BCUT2D eigenvalue weighted by Gasteiger charge is 2.44. The van der Waals surface area contributed by atoms with Crippen molar-refractivity contribution in [3.63, 3.8) is 0 Å². The van der Waals surface area contributed by atoms with Gasteiger partial charge in [0, 0.05) is 13.1 Å². The smallest absolute Gasteiger partial charge is 0.167 e. The summed E-state index contributed by atoms with van der Waals surface area (Å²) in [5, 5.41) is 29.5. The fraction of sp³-hybridized carbons (Fsp3) is 0.688. The molecule has 4 rings (SSSR count). The Kier molecular flexibility index (Phi) is 4.32. The largest absolute Gasteiger partial charge is 0.394 e. The number of nitrogens with zero attached hydrogens (tertiary/aromatic N) is 5. The number of hydrogen-bond acceptors (Lipinski definition) is 8. The first kappa shape index (κ1) is 16.6. The molecule has 1 aliphatic carbocycles. The van der Waals surface area contributed by atoms with Gasteiger partial charge in [0.1, 0.15) is 24.6 Å². The lowest BCUT2D eigenvalue weighted by Crippen LogP contribution is -2.33. The van der Waals surface area contributed by atoms with Crippen molar-refractivity contribution in [2.45, 2.75) is 56.3 Å². The molecule has 1 saturated carbocycles. The van der Waals surface area contributed by atoms with Crippen LogP contribution in [0.25, 0.3) is 11.2 Å². The number of aromatic nitrogens is 4. The fourth-order valence-corrected chi connectivity index (χ4v) is 3.86. The van der Waals surface area contributed by atoms with Crippen molar-refractivity contribution in [1.82, 2.24) is 19.5 Å². The Morgan fingerprint density at radius 3 is 2.64 bits per heavy atom. The van der Waals surface area contributed by atoms with Gasteiger partial charge in [0.25, 0.3) is 0 Å². The van der Waals surface area contributed by atoms with E-state index < -0.39 is 24.5 Å². The molecular formula is C16H23N5O4. The van der Waals surface area contributed by atoms with Gasteiger partial charge in [0.05, 0.1) is 12.9 Å².